The Bertz CT molecular complexity index is 783. The molecule has 3 rings (SSSR count). The number of anilines is 1. The molecule has 0 aliphatic rings. The van der Waals surface area contributed by atoms with Gasteiger partial charge in [-0.2, -0.15) is 4.98 Å². The summed E-state index contributed by atoms with van der Waals surface area (Å²) >= 11 is 5.99. The van der Waals surface area contributed by atoms with Crippen LogP contribution in [0.1, 0.15) is 18.7 Å². The second-order valence-electron chi connectivity index (χ2n) is 4.87. The van der Waals surface area contributed by atoms with E-state index < -0.39 is 0 Å². The van der Waals surface area contributed by atoms with Gasteiger partial charge in [0.1, 0.15) is 0 Å². The number of nitrogens with zero attached hydrogens (tertiary/aromatic N) is 2. The number of nitrogens with one attached hydrogen (secondary N) is 1. The van der Waals surface area contributed by atoms with E-state index in [1.165, 1.54) is 0 Å². The molecule has 2 heterocycles. The van der Waals surface area contributed by atoms with E-state index in [0.717, 1.165) is 0 Å². The number of furan rings is 1. The predicted octanol–water partition coefficient (Wildman–Crippen LogP) is 3.94. The van der Waals surface area contributed by atoms with Gasteiger partial charge in [-0.15, -0.1) is 0 Å². The molecule has 1 aromatic carbocycles. The third kappa shape index (κ3) is 3.98. The monoisotopic (exact) mass is 331 g/mol. The van der Waals surface area contributed by atoms with E-state index in [4.69, 9.17) is 20.5 Å². The first kappa shape index (κ1) is 15.3. The van der Waals surface area contributed by atoms with E-state index in [9.17, 15) is 4.79 Å². The Balaban J connectivity index is 1.48. The summed E-state index contributed by atoms with van der Waals surface area (Å²) < 4.78 is 10.3. The van der Waals surface area contributed by atoms with Crippen LogP contribution in [0.4, 0.5) is 5.69 Å². The van der Waals surface area contributed by atoms with Crippen molar-refractivity contribution in [3.05, 3.63) is 53.6 Å². The normalized spacial score (nSPS) is 10.7. The lowest BCUT2D eigenvalue weighted by molar-refractivity contribution is -0.116. The fourth-order valence-corrected chi connectivity index (χ4v) is 2.22. The second kappa shape index (κ2) is 7.11. The van der Waals surface area contributed by atoms with Gasteiger partial charge in [0.25, 0.3) is 0 Å². The van der Waals surface area contributed by atoms with Crippen LogP contribution in [0.5, 0.6) is 0 Å². The van der Waals surface area contributed by atoms with Crippen molar-refractivity contribution < 1.29 is 13.7 Å². The van der Waals surface area contributed by atoms with E-state index in [0.29, 0.717) is 47.4 Å². The lowest BCUT2D eigenvalue weighted by Gasteiger charge is -2.06. The largest absolute Gasteiger partial charge is 0.461 e. The molecule has 23 heavy (non-hydrogen) atoms. The van der Waals surface area contributed by atoms with Gasteiger partial charge >= 0.3 is 0 Å². The Labute approximate surface area is 137 Å². The zero-order valence-corrected chi connectivity index (χ0v) is 12.9. The van der Waals surface area contributed by atoms with Crippen LogP contribution in [0, 0.1) is 0 Å². The standard InChI is InChI=1S/C16H14ClN3O3/c17-11-5-1-2-6-12(11)18-14(21)8-3-9-15-19-16(20-23-15)13-7-4-10-22-13/h1-2,4-7,10H,3,8-9H2,(H,18,21). The molecule has 0 aliphatic carbocycles. The third-order valence-corrected chi connectivity index (χ3v) is 3.48. The van der Waals surface area contributed by atoms with Crippen molar-refractivity contribution in [3.63, 3.8) is 0 Å². The van der Waals surface area contributed by atoms with E-state index >= 15 is 0 Å². The summed E-state index contributed by atoms with van der Waals surface area (Å²) in [6.45, 7) is 0. The van der Waals surface area contributed by atoms with Gasteiger partial charge in [0.05, 0.1) is 17.0 Å². The van der Waals surface area contributed by atoms with Crippen LogP contribution in [0.3, 0.4) is 0 Å². The summed E-state index contributed by atoms with van der Waals surface area (Å²) in [5, 5.41) is 7.12. The van der Waals surface area contributed by atoms with Crippen molar-refractivity contribution in [1.82, 2.24) is 10.1 Å². The first-order valence-corrected chi connectivity index (χ1v) is 7.51. The molecule has 1 amide bonds. The summed E-state index contributed by atoms with van der Waals surface area (Å²) in [6, 6.07) is 10.6. The quantitative estimate of drug-likeness (QED) is 0.739. The molecule has 7 heteroatoms. The van der Waals surface area contributed by atoms with Crippen LogP contribution in [0.15, 0.2) is 51.6 Å². The number of aromatic nitrogens is 2. The number of carbonyl (C=O) groups excluding carboxylic acids is 1. The third-order valence-electron chi connectivity index (χ3n) is 3.15. The van der Waals surface area contributed by atoms with Crippen molar-refractivity contribution in [2.45, 2.75) is 19.3 Å². The maximum atomic E-state index is 11.9. The van der Waals surface area contributed by atoms with E-state index in [1.54, 1.807) is 30.5 Å². The fraction of sp³-hybridized carbons (Fsp3) is 0.188. The molecule has 6 nitrogen and oxygen atoms in total. The molecule has 3 aromatic rings. The zero-order chi connectivity index (χ0) is 16.1. The van der Waals surface area contributed by atoms with Crippen molar-refractivity contribution in [2.24, 2.45) is 0 Å². The van der Waals surface area contributed by atoms with Crippen LogP contribution in [-0.4, -0.2) is 16.0 Å². The number of carbonyl (C=O) groups is 1. The topological polar surface area (TPSA) is 81.2 Å². The molecule has 0 spiro atoms. The van der Waals surface area contributed by atoms with Crippen molar-refractivity contribution in [2.75, 3.05) is 5.32 Å². The van der Waals surface area contributed by atoms with Gasteiger partial charge in [-0.3, -0.25) is 4.79 Å². The molecule has 0 fully saturated rings. The molecule has 118 valence electrons. The molecule has 0 saturated heterocycles. The molecule has 0 aliphatic heterocycles. The van der Waals surface area contributed by atoms with Crippen molar-refractivity contribution in [1.29, 1.82) is 0 Å². The SMILES string of the molecule is O=C(CCCc1nc(-c2ccco2)no1)Nc1ccccc1Cl. The van der Waals surface area contributed by atoms with Gasteiger partial charge in [-0.05, 0) is 30.7 Å². The highest BCUT2D eigenvalue weighted by molar-refractivity contribution is 6.33. The van der Waals surface area contributed by atoms with Crippen LogP contribution in [-0.2, 0) is 11.2 Å². The minimum atomic E-state index is -0.108. The van der Waals surface area contributed by atoms with Crippen molar-refractivity contribution >= 4 is 23.2 Å². The second-order valence-corrected chi connectivity index (χ2v) is 5.28. The predicted molar refractivity (Wildman–Crippen MR) is 85.0 cm³/mol. The van der Waals surface area contributed by atoms with Gasteiger partial charge in [-0.25, -0.2) is 0 Å². The highest BCUT2D eigenvalue weighted by Gasteiger charge is 2.11. The first-order chi connectivity index (χ1) is 11.2. The minimum Gasteiger partial charge on any atom is -0.461 e. The van der Waals surface area contributed by atoms with Gasteiger partial charge in [-0.1, -0.05) is 28.9 Å². The maximum Gasteiger partial charge on any atom is 0.238 e. The number of hydrogen-bond acceptors (Lipinski definition) is 5. The Hall–Kier alpha value is -2.60. The number of aryl methyl sites for hydroxylation is 1. The smallest absolute Gasteiger partial charge is 0.238 e. The van der Waals surface area contributed by atoms with Gasteiger partial charge < -0.3 is 14.3 Å². The van der Waals surface area contributed by atoms with E-state index in [-0.39, 0.29) is 5.91 Å². The molecule has 0 unspecified atom stereocenters. The summed E-state index contributed by atoms with van der Waals surface area (Å²) in [5.74, 6) is 1.33. The molecule has 1 N–H and O–H groups in total. The Morgan fingerprint density at radius 2 is 2.09 bits per heavy atom. The molecule has 0 saturated carbocycles. The minimum absolute atomic E-state index is 0.108. The van der Waals surface area contributed by atoms with Gasteiger partial charge in [0.15, 0.2) is 5.76 Å². The Kier molecular flexibility index (Phi) is 4.73. The van der Waals surface area contributed by atoms with Crippen LogP contribution < -0.4 is 5.32 Å². The molecule has 0 bridgehead atoms. The Morgan fingerprint density at radius 3 is 2.87 bits per heavy atom. The molecular formula is C16H14ClN3O3. The van der Waals surface area contributed by atoms with Crippen LogP contribution >= 0.6 is 11.6 Å². The molecular weight excluding hydrogens is 318 g/mol. The van der Waals surface area contributed by atoms with Crippen LogP contribution in [0.25, 0.3) is 11.6 Å². The van der Waals surface area contributed by atoms with E-state index in [2.05, 4.69) is 15.5 Å². The van der Waals surface area contributed by atoms with E-state index in [1.807, 2.05) is 12.1 Å². The number of benzene rings is 1. The number of amides is 1. The summed E-state index contributed by atoms with van der Waals surface area (Å²) in [4.78, 5) is 16.1. The number of para-hydroxylation sites is 1. The number of rotatable bonds is 6. The van der Waals surface area contributed by atoms with Crippen molar-refractivity contribution in [3.8, 4) is 11.6 Å². The zero-order valence-electron chi connectivity index (χ0n) is 12.2. The highest BCUT2D eigenvalue weighted by Crippen LogP contribution is 2.21. The Morgan fingerprint density at radius 1 is 1.22 bits per heavy atom. The lowest BCUT2D eigenvalue weighted by Crippen LogP contribution is -2.11. The van der Waals surface area contributed by atoms with Gasteiger partial charge in [0.2, 0.25) is 17.6 Å². The number of halogens is 1. The summed E-state index contributed by atoms with van der Waals surface area (Å²) in [5.41, 5.74) is 0.608. The average molecular weight is 332 g/mol. The molecule has 2 aromatic heterocycles. The fourth-order valence-electron chi connectivity index (χ4n) is 2.04. The van der Waals surface area contributed by atoms with Gasteiger partial charge in [0, 0.05) is 12.8 Å². The van der Waals surface area contributed by atoms with Crippen LogP contribution in [0.2, 0.25) is 5.02 Å². The molecule has 0 atom stereocenters. The average Bonchev–Trinajstić information content (AvgIpc) is 3.20. The molecule has 0 radical (unpaired) electrons. The maximum absolute atomic E-state index is 11.9. The summed E-state index contributed by atoms with van der Waals surface area (Å²) in [7, 11) is 0. The lowest BCUT2D eigenvalue weighted by atomic mass is 10.2. The highest BCUT2D eigenvalue weighted by atomic mass is 35.5. The first-order valence-electron chi connectivity index (χ1n) is 7.13. The number of hydrogen-bond donors (Lipinski definition) is 1. The summed E-state index contributed by atoms with van der Waals surface area (Å²) in [6.07, 6.45) is 2.99.